The van der Waals surface area contributed by atoms with E-state index in [0.717, 1.165) is 23.3 Å². The first kappa shape index (κ1) is 30.8. The van der Waals surface area contributed by atoms with E-state index < -0.39 is 23.0 Å². The summed E-state index contributed by atoms with van der Waals surface area (Å²) in [6.07, 6.45) is 4.83. The van der Waals surface area contributed by atoms with E-state index in [-0.39, 0.29) is 31.3 Å². The minimum absolute atomic E-state index is 0.00848. The second-order valence-corrected chi connectivity index (χ2v) is 11.5. The minimum Gasteiger partial charge on any atom is -0.545 e. The number of piperidine rings is 1. The predicted octanol–water partition coefficient (Wildman–Crippen LogP) is 4.69. The van der Waals surface area contributed by atoms with Gasteiger partial charge in [0.15, 0.2) is 5.78 Å². The fourth-order valence-electron chi connectivity index (χ4n) is 6.20. The summed E-state index contributed by atoms with van der Waals surface area (Å²) in [5.41, 5.74) is 2.16. The number of ether oxygens (including phenoxy) is 3. The third kappa shape index (κ3) is 5.80. The van der Waals surface area contributed by atoms with Crippen LogP contribution < -0.4 is 19.3 Å². The van der Waals surface area contributed by atoms with Crippen molar-refractivity contribution in [2.75, 3.05) is 26.3 Å². The number of likely N-dealkylation sites (tertiary alicyclic amines) is 1. The van der Waals surface area contributed by atoms with Crippen molar-refractivity contribution in [1.29, 1.82) is 0 Å². The minimum atomic E-state index is -1.62. The van der Waals surface area contributed by atoms with E-state index in [2.05, 4.69) is 5.10 Å². The number of carbonyl (C=O) groups excluding carboxylic acids is 3. The van der Waals surface area contributed by atoms with Gasteiger partial charge in [0.25, 0.3) is 5.91 Å². The highest BCUT2D eigenvalue weighted by Gasteiger charge is 2.44. The maximum absolute atomic E-state index is 14.6. The summed E-state index contributed by atoms with van der Waals surface area (Å²) < 4.78 is 34.6. The molecule has 11 heteroatoms. The summed E-state index contributed by atoms with van der Waals surface area (Å²) in [6, 6.07) is 12.4. The monoisotopic (exact) mass is 626 g/mol. The lowest BCUT2D eigenvalue weighted by Crippen LogP contribution is -2.52. The molecule has 0 N–H and O–H groups in total. The molecule has 1 aromatic heterocycles. The fourth-order valence-corrected chi connectivity index (χ4v) is 6.20. The molecule has 1 saturated heterocycles. The van der Waals surface area contributed by atoms with Crippen molar-refractivity contribution < 1.29 is 38.1 Å². The topological polar surface area (TPSA) is 123 Å². The number of benzene rings is 3. The SMILES string of the molecule is CCOc1cc(C(=O)N2CCC3(CC2)CC(=O)c2cc(-c4cnn(C)c4)ccc2O3)cc(OCC)c1-c1ccc(C(=O)[O-])c(F)c1. The number of fused-ring (bicyclic) bond motifs is 1. The van der Waals surface area contributed by atoms with Crippen molar-refractivity contribution in [3.63, 3.8) is 0 Å². The molecule has 1 amide bonds. The van der Waals surface area contributed by atoms with Crippen LogP contribution in [-0.4, -0.2) is 64.2 Å². The highest BCUT2D eigenvalue weighted by atomic mass is 19.1. The molecule has 46 heavy (non-hydrogen) atoms. The highest BCUT2D eigenvalue weighted by molar-refractivity contribution is 6.02. The summed E-state index contributed by atoms with van der Waals surface area (Å²) in [5.74, 6) is -1.66. The van der Waals surface area contributed by atoms with Crippen molar-refractivity contribution in [3.8, 4) is 39.5 Å². The van der Waals surface area contributed by atoms with E-state index in [1.807, 2.05) is 31.4 Å². The quantitative estimate of drug-likeness (QED) is 0.276. The zero-order valence-electron chi connectivity index (χ0n) is 25.8. The molecule has 4 aromatic rings. The summed E-state index contributed by atoms with van der Waals surface area (Å²) in [4.78, 5) is 40.1. The molecule has 0 atom stereocenters. The van der Waals surface area contributed by atoms with Crippen LogP contribution in [0.1, 0.15) is 64.2 Å². The number of Topliss-reactive ketones (excluding diaryl/α,β-unsaturated/α-hetero) is 1. The molecule has 0 aliphatic carbocycles. The second-order valence-electron chi connectivity index (χ2n) is 11.5. The van der Waals surface area contributed by atoms with Gasteiger partial charge in [-0.25, -0.2) is 4.39 Å². The number of rotatable bonds is 8. The molecular weight excluding hydrogens is 593 g/mol. The molecule has 0 saturated carbocycles. The average Bonchev–Trinajstić information content (AvgIpc) is 3.47. The van der Waals surface area contributed by atoms with E-state index in [4.69, 9.17) is 14.2 Å². The van der Waals surface area contributed by atoms with Gasteiger partial charge in [-0.2, -0.15) is 5.10 Å². The van der Waals surface area contributed by atoms with Crippen LogP contribution in [-0.2, 0) is 7.05 Å². The van der Waals surface area contributed by atoms with Gasteiger partial charge >= 0.3 is 0 Å². The van der Waals surface area contributed by atoms with Gasteiger partial charge in [-0.15, -0.1) is 0 Å². The molecule has 0 bridgehead atoms. The van der Waals surface area contributed by atoms with E-state index in [1.54, 1.807) is 41.8 Å². The van der Waals surface area contributed by atoms with Crippen LogP contribution in [0.5, 0.6) is 17.2 Å². The number of carboxylic acids is 1. The van der Waals surface area contributed by atoms with Gasteiger partial charge in [-0.3, -0.25) is 14.3 Å². The summed E-state index contributed by atoms with van der Waals surface area (Å²) in [5, 5.41) is 15.5. The van der Waals surface area contributed by atoms with Crippen LogP contribution in [0.2, 0.25) is 0 Å². The molecular formula is C35H33FN3O7-. The number of hydrogen-bond donors (Lipinski definition) is 0. The molecule has 2 aliphatic rings. The van der Waals surface area contributed by atoms with Gasteiger partial charge in [-0.05, 0) is 61.4 Å². The van der Waals surface area contributed by atoms with Gasteiger partial charge < -0.3 is 29.0 Å². The van der Waals surface area contributed by atoms with Crippen LogP contribution in [0, 0.1) is 5.82 Å². The van der Waals surface area contributed by atoms with Crippen molar-refractivity contribution in [1.82, 2.24) is 14.7 Å². The molecule has 0 radical (unpaired) electrons. The molecule has 3 heterocycles. The lowest BCUT2D eigenvalue weighted by molar-refractivity contribution is -0.255. The zero-order chi connectivity index (χ0) is 32.6. The van der Waals surface area contributed by atoms with Gasteiger partial charge in [0.2, 0.25) is 0 Å². The third-order valence-corrected chi connectivity index (χ3v) is 8.48. The predicted molar refractivity (Wildman–Crippen MR) is 165 cm³/mol. The van der Waals surface area contributed by atoms with E-state index in [9.17, 15) is 23.9 Å². The normalized spacial score (nSPS) is 15.3. The number of carbonyl (C=O) groups is 3. The van der Waals surface area contributed by atoms with Crippen molar-refractivity contribution in [2.24, 2.45) is 7.05 Å². The Kier molecular flexibility index (Phi) is 8.24. The smallest absolute Gasteiger partial charge is 0.254 e. The average molecular weight is 627 g/mol. The van der Waals surface area contributed by atoms with E-state index in [1.165, 1.54) is 6.07 Å². The van der Waals surface area contributed by atoms with Crippen LogP contribution in [0.3, 0.4) is 0 Å². The number of halogens is 1. The van der Waals surface area contributed by atoms with Gasteiger partial charge in [0.1, 0.15) is 28.7 Å². The van der Waals surface area contributed by atoms with E-state index >= 15 is 0 Å². The Morgan fingerprint density at radius 3 is 2.24 bits per heavy atom. The highest BCUT2D eigenvalue weighted by Crippen LogP contribution is 2.43. The maximum atomic E-state index is 14.6. The van der Waals surface area contributed by atoms with Gasteiger partial charge in [0, 0.05) is 55.9 Å². The maximum Gasteiger partial charge on any atom is 0.254 e. The second kappa shape index (κ2) is 12.3. The number of nitrogens with zero attached hydrogens (tertiary/aromatic N) is 3. The molecule has 10 nitrogen and oxygen atoms in total. The standard InChI is InChI=1S/C35H34FN3O7/c1-4-44-30-16-23(17-31(45-5-2)32(30)22-6-8-25(34(42)43)27(36)15-22)33(41)39-12-10-35(11-13-39)18-28(40)26-14-21(7-9-29(26)46-35)24-19-37-38(3)20-24/h6-9,14-17,19-20H,4-5,10-13,18H2,1-3H3,(H,42,43)/p-1. The van der Waals surface area contributed by atoms with Crippen molar-refractivity contribution in [3.05, 3.63) is 83.4 Å². The number of ketones is 1. The first-order valence-electron chi connectivity index (χ1n) is 15.2. The Bertz CT molecular complexity index is 1810. The number of aromatic carboxylic acids is 1. The Hall–Kier alpha value is -5.19. The summed E-state index contributed by atoms with van der Waals surface area (Å²) >= 11 is 0. The fraction of sp³-hybridized carbons (Fsp3) is 0.314. The number of hydrogen-bond acceptors (Lipinski definition) is 8. The Balaban J connectivity index is 1.22. The molecule has 3 aromatic carbocycles. The number of aromatic nitrogens is 2. The van der Waals surface area contributed by atoms with Gasteiger partial charge in [0.05, 0.1) is 42.9 Å². The first-order valence-corrected chi connectivity index (χ1v) is 15.2. The number of carboxylic acid groups (broad SMARTS) is 1. The molecule has 1 fully saturated rings. The third-order valence-electron chi connectivity index (χ3n) is 8.48. The van der Waals surface area contributed by atoms with Crippen LogP contribution >= 0.6 is 0 Å². The largest absolute Gasteiger partial charge is 0.545 e. The molecule has 1 spiro atoms. The molecule has 6 rings (SSSR count). The summed E-state index contributed by atoms with van der Waals surface area (Å²) in [7, 11) is 1.84. The summed E-state index contributed by atoms with van der Waals surface area (Å²) in [6.45, 7) is 4.84. The van der Waals surface area contributed by atoms with E-state index in [0.29, 0.717) is 65.4 Å². The number of aryl methyl sites for hydroxylation is 1. The molecule has 238 valence electrons. The molecule has 0 unspecified atom stereocenters. The zero-order valence-corrected chi connectivity index (χ0v) is 25.8. The van der Waals surface area contributed by atoms with Crippen LogP contribution in [0.4, 0.5) is 4.39 Å². The number of amides is 1. The lowest BCUT2D eigenvalue weighted by atomic mass is 9.82. The van der Waals surface area contributed by atoms with Crippen molar-refractivity contribution >= 4 is 17.7 Å². The Labute approximate surface area is 265 Å². The lowest BCUT2D eigenvalue weighted by Gasteiger charge is -2.44. The van der Waals surface area contributed by atoms with Crippen LogP contribution in [0.25, 0.3) is 22.3 Å². The van der Waals surface area contributed by atoms with Gasteiger partial charge in [-0.1, -0.05) is 12.1 Å². The Morgan fingerprint density at radius 1 is 0.978 bits per heavy atom. The van der Waals surface area contributed by atoms with Crippen LogP contribution in [0.15, 0.2) is 60.9 Å². The first-order chi connectivity index (χ1) is 22.1. The molecule has 2 aliphatic heterocycles. The van der Waals surface area contributed by atoms with Crippen molar-refractivity contribution in [2.45, 2.75) is 38.7 Å². The Morgan fingerprint density at radius 2 is 1.65 bits per heavy atom.